The Morgan fingerprint density at radius 2 is 1.15 bits per heavy atom. The number of rotatable bonds is 17. The maximum absolute atomic E-state index is 14.5. The normalized spacial score (nSPS) is 12.4. The predicted octanol–water partition coefficient (Wildman–Crippen LogP) is 6.96. The van der Waals surface area contributed by atoms with E-state index in [1.165, 1.54) is 0 Å². The van der Waals surface area contributed by atoms with Crippen molar-refractivity contribution in [2.75, 3.05) is 26.0 Å². The van der Waals surface area contributed by atoms with E-state index in [-0.39, 0.29) is 44.4 Å². The standard InChI is InChI=1S/C38H46N3O5P/c1-5-45-47(44,46-6-2)29-39-37(43)36(30(3)4)41(28-31-19-11-7-12-20-31)35(42)27-40-38(32-21-13-8-14-22-32,33-23-15-9-16-24-33)34-25-17-10-18-26-34/h7-26,30,36,40H,5-6,27-29H2,1-4H3,(H,39,43). The molecule has 0 aliphatic rings. The summed E-state index contributed by atoms with van der Waals surface area (Å²) in [4.78, 5) is 30.0. The molecule has 0 saturated heterocycles. The molecule has 2 amide bonds. The van der Waals surface area contributed by atoms with Gasteiger partial charge in [0.25, 0.3) is 0 Å². The van der Waals surface area contributed by atoms with Crippen molar-refractivity contribution in [3.05, 3.63) is 144 Å². The van der Waals surface area contributed by atoms with Crippen LogP contribution in [0.2, 0.25) is 0 Å². The highest BCUT2D eigenvalue weighted by molar-refractivity contribution is 7.53. The van der Waals surface area contributed by atoms with Crippen molar-refractivity contribution < 1.29 is 23.2 Å². The second-order valence-corrected chi connectivity index (χ2v) is 13.6. The third-order valence-corrected chi connectivity index (χ3v) is 9.82. The molecule has 0 saturated carbocycles. The van der Waals surface area contributed by atoms with Gasteiger partial charge in [0.1, 0.15) is 12.3 Å². The number of carbonyl (C=O) groups excluding carboxylic acids is 2. The van der Waals surface area contributed by atoms with Gasteiger partial charge in [0.2, 0.25) is 11.8 Å². The third kappa shape index (κ3) is 9.05. The zero-order chi connectivity index (χ0) is 33.7. The summed E-state index contributed by atoms with van der Waals surface area (Å²) in [5, 5.41) is 6.44. The summed E-state index contributed by atoms with van der Waals surface area (Å²) in [7, 11) is -3.55. The van der Waals surface area contributed by atoms with Crippen LogP contribution in [0.5, 0.6) is 0 Å². The van der Waals surface area contributed by atoms with E-state index >= 15 is 0 Å². The van der Waals surface area contributed by atoms with Crippen molar-refractivity contribution in [1.29, 1.82) is 0 Å². The lowest BCUT2D eigenvalue weighted by Gasteiger charge is -2.39. The topological polar surface area (TPSA) is 97.0 Å². The van der Waals surface area contributed by atoms with Crippen molar-refractivity contribution in [2.45, 2.75) is 45.8 Å². The summed E-state index contributed by atoms with van der Waals surface area (Å²) in [5.41, 5.74) is 2.94. The number of benzene rings is 4. The van der Waals surface area contributed by atoms with Crippen LogP contribution in [0.1, 0.15) is 49.9 Å². The summed E-state index contributed by atoms with van der Waals surface area (Å²) in [6, 6.07) is 38.9. The van der Waals surface area contributed by atoms with Gasteiger partial charge in [0, 0.05) is 6.54 Å². The van der Waals surface area contributed by atoms with E-state index in [0.29, 0.717) is 0 Å². The van der Waals surface area contributed by atoms with Gasteiger partial charge < -0.3 is 19.3 Å². The minimum absolute atomic E-state index is 0.0710. The Balaban J connectivity index is 1.72. The first-order valence-electron chi connectivity index (χ1n) is 16.1. The number of hydrogen-bond donors (Lipinski definition) is 2. The molecule has 0 fully saturated rings. The average molecular weight is 656 g/mol. The maximum Gasteiger partial charge on any atom is 0.349 e. The second kappa shape index (κ2) is 17.2. The van der Waals surface area contributed by atoms with Crippen LogP contribution in [-0.2, 0) is 35.3 Å². The van der Waals surface area contributed by atoms with Gasteiger partial charge in [-0.05, 0) is 42.0 Å². The molecule has 4 aromatic rings. The molecule has 9 heteroatoms. The molecule has 47 heavy (non-hydrogen) atoms. The molecule has 0 aliphatic carbocycles. The molecule has 0 radical (unpaired) electrons. The van der Waals surface area contributed by atoms with E-state index in [0.717, 1.165) is 22.3 Å². The first kappa shape index (κ1) is 35.8. The average Bonchev–Trinajstić information content (AvgIpc) is 3.09. The van der Waals surface area contributed by atoms with E-state index in [4.69, 9.17) is 9.05 Å². The number of nitrogens with one attached hydrogen (secondary N) is 2. The Hall–Kier alpha value is -4.07. The van der Waals surface area contributed by atoms with Crippen molar-refractivity contribution in [3.63, 3.8) is 0 Å². The van der Waals surface area contributed by atoms with Crippen LogP contribution >= 0.6 is 7.60 Å². The SMILES string of the molecule is CCOP(=O)(CNC(=O)C(C(C)C)N(Cc1ccccc1)C(=O)CNC(c1ccccc1)(c1ccccc1)c1ccccc1)OCC. The minimum atomic E-state index is -3.55. The molecule has 8 nitrogen and oxygen atoms in total. The van der Waals surface area contributed by atoms with Gasteiger partial charge in [-0.25, -0.2) is 0 Å². The molecule has 4 aromatic carbocycles. The first-order valence-corrected chi connectivity index (χ1v) is 17.9. The van der Waals surface area contributed by atoms with Gasteiger partial charge in [-0.1, -0.05) is 135 Å². The molecule has 4 rings (SSSR count). The summed E-state index contributed by atoms with van der Waals surface area (Å²) in [6.45, 7) is 7.73. The van der Waals surface area contributed by atoms with Crippen LogP contribution in [0.15, 0.2) is 121 Å². The largest absolute Gasteiger partial charge is 0.349 e. The van der Waals surface area contributed by atoms with Crippen LogP contribution in [0.3, 0.4) is 0 Å². The number of nitrogens with zero attached hydrogens (tertiary/aromatic N) is 1. The molecular weight excluding hydrogens is 609 g/mol. The number of carbonyl (C=O) groups is 2. The van der Waals surface area contributed by atoms with Gasteiger partial charge in [-0.2, -0.15) is 0 Å². The molecule has 0 heterocycles. The Kier molecular flexibility index (Phi) is 13.1. The Bertz CT molecular complexity index is 1480. The highest BCUT2D eigenvalue weighted by Gasteiger charge is 2.39. The fourth-order valence-electron chi connectivity index (χ4n) is 5.91. The molecule has 0 aromatic heterocycles. The number of hydrogen-bond acceptors (Lipinski definition) is 6. The fraction of sp³-hybridized carbons (Fsp3) is 0.316. The quantitative estimate of drug-likeness (QED) is 0.0943. The van der Waals surface area contributed by atoms with E-state index < -0.39 is 25.1 Å². The zero-order valence-electron chi connectivity index (χ0n) is 27.7. The van der Waals surface area contributed by atoms with Gasteiger partial charge in [-0.15, -0.1) is 0 Å². The van der Waals surface area contributed by atoms with Crippen LogP contribution in [0.4, 0.5) is 0 Å². The molecule has 0 aliphatic heterocycles. The molecule has 248 valence electrons. The minimum Gasteiger partial charge on any atom is -0.343 e. The van der Waals surface area contributed by atoms with E-state index in [1.807, 2.05) is 98.8 Å². The Morgan fingerprint density at radius 1 is 0.723 bits per heavy atom. The van der Waals surface area contributed by atoms with Crippen LogP contribution in [0, 0.1) is 5.92 Å². The lowest BCUT2D eigenvalue weighted by molar-refractivity contribution is -0.142. The fourth-order valence-corrected chi connectivity index (χ4v) is 7.30. The van der Waals surface area contributed by atoms with Gasteiger partial charge >= 0.3 is 7.60 Å². The van der Waals surface area contributed by atoms with Crippen LogP contribution in [-0.4, -0.2) is 48.8 Å². The highest BCUT2D eigenvalue weighted by atomic mass is 31.2. The zero-order valence-corrected chi connectivity index (χ0v) is 28.6. The molecular formula is C38H46N3O5P. The smallest absolute Gasteiger partial charge is 0.343 e. The summed E-state index contributed by atoms with van der Waals surface area (Å²) in [5.74, 6) is -0.944. The summed E-state index contributed by atoms with van der Waals surface area (Å²) in [6.07, 6.45) is -0.290. The van der Waals surface area contributed by atoms with Gasteiger partial charge in [-0.3, -0.25) is 19.5 Å². The number of amides is 2. The van der Waals surface area contributed by atoms with Crippen molar-refractivity contribution in [2.24, 2.45) is 5.92 Å². The molecule has 1 unspecified atom stereocenters. The van der Waals surface area contributed by atoms with E-state index in [1.54, 1.807) is 18.7 Å². The highest BCUT2D eigenvalue weighted by Crippen LogP contribution is 2.46. The van der Waals surface area contributed by atoms with Crippen molar-refractivity contribution >= 4 is 19.4 Å². The molecule has 0 spiro atoms. The van der Waals surface area contributed by atoms with Crippen LogP contribution in [0.25, 0.3) is 0 Å². The summed E-state index contributed by atoms with van der Waals surface area (Å²) < 4.78 is 24.0. The second-order valence-electron chi connectivity index (χ2n) is 11.5. The van der Waals surface area contributed by atoms with Crippen molar-refractivity contribution in [1.82, 2.24) is 15.5 Å². The monoisotopic (exact) mass is 655 g/mol. The van der Waals surface area contributed by atoms with E-state index in [2.05, 4.69) is 47.0 Å². The summed E-state index contributed by atoms with van der Waals surface area (Å²) >= 11 is 0. The predicted molar refractivity (Wildman–Crippen MR) is 187 cm³/mol. The molecule has 2 N–H and O–H groups in total. The lowest BCUT2D eigenvalue weighted by atomic mass is 9.77. The van der Waals surface area contributed by atoms with Crippen molar-refractivity contribution in [3.8, 4) is 0 Å². The Labute approximate surface area is 279 Å². The van der Waals surface area contributed by atoms with Crippen LogP contribution < -0.4 is 10.6 Å². The molecule has 0 bridgehead atoms. The van der Waals surface area contributed by atoms with Gasteiger partial charge in [0.15, 0.2) is 0 Å². The molecule has 1 atom stereocenters. The van der Waals surface area contributed by atoms with Gasteiger partial charge in [0.05, 0.1) is 25.3 Å². The Morgan fingerprint density at radius 3 is 1.55 bits per heavy atom. The third-order valence-electron chi connectivity index (χ3n) is 7.98. The first-order chi connectivity index (χ1) is 22.7. The lowest BCUT2D eigenvalue weighted by Crippen LogP contribution is -2.56. The van der Waals surface area contributed by atoms with E-state index in [9.17, 15) is 14.2 Å². The maximum atomic E-state index is 14.5.